The summed E-state index contributed by atoms with van der Waals surface area (Å²) < 4.78 is 4.67. The van der Waals surface area contributed by atoms with E-state index in [1.807, 2.05) is 6.92 Å². The molecule has 0 rings (SSSR count). The predicted octanol–water partition coefficient (Wildman–Crippen LogP) is 1.63. The molecule has 0 aromatic heterocycles. The Balaban J connectivity index is 0. The molecule has 9 heavy (non-hydrogen) atoms. The minimum absolute atomic E-state index is 0. The lowest BCUT2D eigenvalue weighted by atomic mass is 10.4. The van der Waals surface area contributed by atoms with Crippen molar-refractivity contribution in [3.63, 3.8) is 0 Å². The Morgan fingerprint density at radius 1 is 1.89 bits per heavy atom. The van der Waals surface area contributed by atoms with Gasteiger partial charge in [0, 0.05) is 6.08 Å². The van der Waals surface area contributed by atoms with E-state index in [-0.39, 0.29) is 7.40 Å². The predicted molar refractivity (Wildman–Crippen MR) is 37.2 cm³/mol. The van der Waals surface area contributed by atoms with Crippen LogP contribution in [0.2, 0.25) is 0 Å². The third-order valence-corrected chi connectivity index (χ3v) is 0.909. The molecule has 0 aromatic rings. The minimum Gasteiger partial charge on any atom is -0.463 e. The molecule has 0 aliphatic rings. The van der Waals surface area contributed by atoms with E-state index in [4.69, 9.17) is 0 Å². The summed E-state index contributed by atoms with van der Waals surface area (Å²) in [7, 11) is 0. The lowest BCUT2D eigenvalue weighted by Crippen LogP contribution is -2.00. The van der Waals surface area contributed by atoms with Crippen LogP contribution in [0.4, 0.5) is 0 Å². The molecular formula is C7H13O2+. The second kappa shape index (κ2) is 5.35. The number of ether oxygens (including phenoxy) is 1. The molecule has 0 aliphatic heterocycles. The highest BCUT2D eigenvalue weighted by atomic mass is 16.5. The number of hydrogen-bond acceptors (Lipinski definition) is 2. The third-order valence-electron chi connectivity index (χ3n) is 0.909. The lowest BCUT2D eigenvalue weighted by molar-refractivity contribution is -0.137. The Kier molecular flexibility index (Phi) is 4.88. The Morgan fingerprint density at radius 3 is 3.00 bits per heavy atom. The molecule has 0 N–H and O–H groups in total. The number of hydrogen-bond donors (Lipinski definition) is 0. The molecule has 52 valence electrons. The highest BCUT2D eigenvalue weighted by Gasteiger charge is 1.91. The van der Waals surface area contributed by atoms with Crippen molar-refractivity contribution in [2.24, 2.45) is 0 Å². The van der Waals surface area contributed by atoms with Crippen LogP contribution in [0.5, 0.6) is 0 Å². The maximum Gasteiger partial charge on any atom is 1.00 e. The monoisotopic (exact) mass is 129 g/mol. The van der Waals surface area contributed by atoms with E-state index in [0.29, 0.717) is 6.61 Å². The van der Waals surface area contributed by atoms with Crippen LogP contribution < -0.4 is 0 Å². The van der Waals surface area contributed by atoms with Crippen LogP contribution in [0.25, 0.3) is 0 Å². The van der Waals surface area contributed by atoms with Crippen LogP contribution >= 0.6 is 0 Å². The summed E-state index contributed by atoms with van der Waals surface area (Å²) in [5.74, 6) is -0.330. The van der Waals surface area contributed by atoms with E-state index in [9.17, 15) is 4.79 Å². The maximum absolute atomic E-state index is 10.3. The topological polar surface area (TPSA) is 26.3 Å². The van der Waals surface area contributed by atoms with Crippen LogP contribution in [0.1, 0.15) is 21.2 Å². The van der Waals surface area contributed by atoms with Gasteiger partial charge in [-0.25, -0.2) is 4.79 Å². The van der Waals surface area contributed by atoms with Crippen molar-refractivity contribution >= 4 is 5.97 Å². The van der Waals surface area contributed by atoms with Crippen molar-refractivity contribution in [1.82, 2.24) is 0 Å². The highest BCUT2D eigenvalue weighted by Crippen LogP contribution is 1.88. The summed E-state index contributed by atoms with van der Waals surface area (Å²) in [5, 5.41) is 0. The van der Waals surface area contributed by atoms with E-state index in [2.05, 4.69) is 11.3 Å². The molecular weight excluding hydrogens is 116 g/mol. The van der Waals surface area contributed by atoms with Gasteiger partial charge in [-0.3, -0.25) is 0 Å². The zero-order chi connectivity index (χ0) is 7.11. The summed E-state index contributed by atoms with van der Waals surface area (Å²) in [6.45, 7) is 5.82. The first-order valence-electron chi connectivity index (χ1n) is 3.10. The first-order valence-corrected chi connectivity index (χ1v) is 3.10. The first-order chi connectivity index (χ1) is 4.31. The molecule has 0 amide bonds. The molecule has 0 bridgehead atoms. The van der Waals surface area contributed by atoms with Gasteiger partial charge in [-0.05, 0) is 6.42 Å². The van der Waals surface area contributed by atoms with Crippen LogP contribution in [-0.2, 0) is 9.53 Å². The summed E-state index contributed by atoms with van der Waals surface area (Å²) in [5.41, 5.74) is 0. The number of unbranched alkanes of at least 4 members (excludes halogenated alkanes) is 1. The van der Waals surface area contributed by atoms with Crippen molar-refractivity contribution in [2.45, 2.75) is 19.8 Å². The van der Waals surface area contributed by atoms with Crippen molar-refractivity contribution in [3.05, 3.63) is 12.7 Å². The summed E-state index contributed by atoms with van der Waals surface area (Å²) >= 11 is 0. The molecule has 0 aliphatic carbocycles. The molecule has 0 unspecified atom stereocenters. The van der Waals surface area contributed by atoms with E-state index >= 15 is 0 Å². The van der Waals surface area contributed by atoms with Gasteiger partial charge >= 0.3 is 7.40 Å². The Bertz CT molecular complexity index is 102. The van der Waals surface area contributed by atoms with Crippen molar-refractivity contribution in [3.8, 4) is 0 Å². The molecule has 2 nitrogen and oxygen atoms in total. The molecule has 0 fully saturated rings. The van der Waals surface area contributed by atoms with Gasteiger partial charge in [0.25, 0.3) is 0 Å². The minimum atomic E-state index is -0.330. The van der Waals surface area contributed by atoms with Crippen LogP contribution in [0.15, 0.2) is 12.7 Å². The largest absolute Gasteiger partial charge is 1.00 e. The number of rotatable bonds is 4. The molecule has 0 heterocycles. The maximum atomic E-state index is 10.3. The van der Waals surface area contributed by atoms with E-state index in [0.717, 1.165) is 12.8 Å². The molecule has 0 atom stereocenters. The fraction of sp³-hybridized carbons (Fsp3) is 0.571. The normalized spacial score (nSPS) is 8.56. The van der Waals surface area contributed by atoms with Crippen LogP contribution in [-0.4, -0.2) is 12.6 Å². The summed E-state index contributed by atoms with van der Waals surface area (Å²) in [6, 6.07) is 0. The smallest absolute Gasteiger partial charge is 0.463 e. The SMILES string of the molecule is C=CC(=O)OCCCC.[H+]. The fourth-order valence-electron chi connectivity index (χ4n) is 0.376. The molecule has 2 heteroatoms. The second-order valence-corrected chi connectivity index (χ2v) is 1.73. The standard InChI is InChI=1S/C7H12O2/c1-3-5-6-9-7(8)4-2/h4H,2-3,5-6H2,1H3/p+1. The number of carbonyl (C=O) groups is 1. The second-order valence-electron chi connectivity index (χ2n) is 1.73. The zero-order valence-corrected chi connectivity index (χ0v) is 5.72. The van der Waals surface area contributed by atoms with E-state index < -0.39 is 0 Å². The van der Waals surface area contributed by atoms with Gasteiger partial charge in [-0.1, -0.05) is 19.9 Å². The molecule has 0 radical (unpaired) electrons. The average Bonchev–Trinajstić information content (AvgIpc) is 1.89. The van der Waals surface area contributed by atoms with Gasteiger partial charge in [0.15, 0.2) is 0 Å². The zero-order valence-electron chi connectivity index (χ0n) is 6.72. The van der Waals surface area contributed by atoms with Crippen LogP contribution in [0, 0.1) is 0 Å². The lowest BCUT2D eigenvalue weighted by Gasteiger charge is -1.97. The molecule has 0 saturated heterocycles. The fourth-order valence-corrected chi connectivity index (χ4v) is 0.376. The van der Waals surface area contributed by atoms with E-state index in [1.165, 1.54) is 6.08 Å². The van der Waals surface area contributed by atoms with Gasteiger partial charge in [0.1, 0.15) is 0 Å². The third kappa shape index (κ3) is 5.07. The Morgan fingerprint density at radius 2 is 2.56 bits per heavy atom. The van der Waals surface area contributed by atoms with Gasteiger partial charge < -0.3 is 4.74 Å². The average molecular weight is 129 g/mol. The van der Waals surface area contributed by atoms with Gasteiger partial charge in [0.2, 0.25) is 0 Å². The first kappa shape index (κ1) is 8.21. The molecule has 0 saturated carbocycles. The number of carbonyl (C=O) groups excluding carboxylic acids is 1. The summed E-state index contributed by atoms with van der Waals surface area (Å²) in [4.78, 5) is 10.3. The van der Waals surface area contributed by atoms with Crippen molar-refractivity contribution in [1.29, 1.82) is 0 Å². The van der Waals surface area contributed by atoms with Crippen molar-refractivity contribution in [2.75, 3.05) is 6.61 Å². The highest BCUT2D eigenvalue weighted by molar-refractivity contribution is 5.81. The van der Waals surface area contributed by atoms with Crippen molar-refractivity contribution < 1.29 is 11.0 Å². The molecule has 0 aromatic carbocycles. The van der Waals surface area contributed by atoms with Gasteiger partial charge in [-0.2, -0.15) is 0 Å². The number of esters is 1. The molecule has 0 spiro atoms. The van der Waals surface area contributed by atoms with E-state index in [1.54, 1.807) is 0 Å². The Labute approximate surface area is 57.0 Å². The quantitative estimate of drug-likeness (QED) is 0.327. The summed E-state index contributed by atoms with van der Waals surface area (Å²) in [6.07, 6.45) is 3.15. The van der Waals surface area contributed by atoms with Gasteiger partial charge in [0.05, 0.1) is 6.61 Å². The van der Waals surface area contributed by atoms with Gasteiger partial charge in [-0.15, -0.1) is 0 Å². The van der Waals surface area contributed by atoms with Crippen LogP contribution in [0.3, 0.4) is 0 Å². The Hall–Kier alpha value is -0.790.